The number of methoxy groups -OCH3 is 1. The number of rotatable bonds is 11. The predicted octanol–water partition coefficient (Wildman–Crippen LogP) is 1.28. The molecule has 4 N–H and O–H groups in total. The molecule has 25 heavy (non-hydrogen) atoms. The molecule has 9 nitrogen and oxygen atoms in total. The minimum absolute atomic E-state index is 0.0977. The summed E-state index contributed by atoms with van der Waals surface area (Å²) in [4.78, 5) is 22.1. The first-order chi connectivity index (χ1) is 11.9. The summed E-state index contributed by atoms with van der Waals surface area (Å²) in [6.07, 6.45) is 0.434. The molecule has 0 aliphatic heterocycles. The molecule has 0 spiro atoms. The summed E-state index contributed by atoms with van der Waals surface area (Å²) in [5, 5.41) is 23.6. The van der Waals surface area contributed by atoms with Crippen molar-refractivity contribution in [2.75, 3.05) is 26.8 Å². The fourth-order valence-corrected chi connectivity index (χ4v) is 2.16. The number of nitrogens with zero attached hydrogens (tertiary/aromatic N) is 1. The lowest BCUT2D eigenvalue weighted by atomic mass is 10.1. The molecule has 1 aromatic carbocycles. The van der Waals surface area contributed by atoms with E-state index in [1.807, 2.05) is 0 Å². The van der Waals surface area contributed by atoms with Gasteiger partial charge in [-0.2, -0.15) is 0 Å². The predicted molar refractivity (Wildman–Crippen MR) is 91.7 cm³/mol. The van der Waals surface area contributed by atoms with Crippen molar-refractivity contribution in [2.45, 2.75) is 32.3 Å². The van der Waals surface area contributed by atoms with Crippen molar-refractivity contribution in [2.24, 2.45) is 5.73 Å². The fourth-order valence-electron chi connectivity index (χ4n) is 2.16. The molecular formula is C16H25N3O6. The van der Waals surface area contributed by atoms with Crippen molar-refractivity contribution in [3.8, 4) is 11.5 Å². The highest BCUT2D eigenvalue weighted by molar-refractivity contribution is 5.75. The van der Waals surface area contributed by atoms with Crippen LogP contribution in [0.3, 0.4) is 0 Å². The zero-order valence-electron chi connectivity index (χ0n) is 14.5. The summed E-state index contributed by atoms with van der Waals surface area (Å²) in [6.45, 7) is 2.69. The van der Waals surface area contributed by atoms with Gasteiger partial charge in [-0.25, -0.2) is 0 Å². The summed E-state index contributed by atoms with van der Waals surface area (Å²) in [6, 6.07) is 2.61. The van der Waals surface area contributed by atoms with Crippen molar-refractivity contribution >= 4 is 11.6 Å². The van der Waals surface area contributed by atoms with E-state index in [0.717, 1.165) is 6.42 Å². The second-order valence-electron chi connectivity index (χ2n) is 5.44. The SMILES string of the molecule is COc1cc(C(C)O)c([N+](=O)[O-])cc1OCCCC(=O)NCCCN. The van der Waals surface area contributed by atoms with Crippen molar-refractivity contribution in [1.29, 1.82) is 0 Å². The van der Waals surface area contributed by atoms with E-state index >= 15 is 0 Å². The Morgan fingerprint density at radius 2 is 2.12 bits per heavy atom. The van der Waals surface area contributed by atoms with Crippen LogP contribution in [0.4, 0.5) is 5.69 Å². The van der Waals surface area contributed by atoms with Crippen molar-refractivity contribution < 1.29 is 24.3 Å². The van der Waals surface area contributed by atoms with Gasteiger partial charge in [-0.3, -0.25) is 14.9 Å². The highest BCUT2D eigenvalue weighted by Gasteiger charge is 2.22. The third kappa shape index (κ3) is 6.55. The van der Waals surface area contributed by atoms with E-state index in [-0.39, 0.29) is 41.7 Å². The smallest absolute Gasteiger partial charge is 0.279 e. The van der Waals surface area contributed by atoms with E-state index in [9.17, 15) is 20.0 Å². The Labute approximate surface area is 146 Å². The van der Waals surface area contributed by atoms with Crippen LogP contribution >= 0.6 is 0 Å². The van der Waals surface area contributed by atoms with Crippen LogP contribution in [0, 0.1) is 10.1 Å². The van der Waals surface area contributed by atoms with Gasteiger partial charge < -0.3 is 25.6 Å². The Kier molecular flexibility index (Phi) is 8.65. The first kappa shape index (κ1) is 20.7. The minimum Gasteiger partial charge on any atom is -0.493 e. The summed E-state index contributed by atoms with van der Waals surface area (Å²) < 4.78 is 10.7. The lowest BCUT2D eigenvalue weighted by molar-refractivity contribution is -0.386. The zero-order valence-corrected chi connectivity index (χ0v) is 14.5. The van der Waals surface area contributed by atoms with Crippen LogP contribution in [0.5, 0.6) is 11.5 Å². The summed E-state index contributed by atoms with van der Waals surface area (Å²) in [7, 11) is 1.41. The van der Waals surface area contributed by atoms with E-state index in [2.05, 4.69) is 5.32 Å². The first-order valence-corrected chi connectivity index (χ1v) is 8.04. The van der Waals surface area contributed by atoms with Gasteiger partial charge in [0, 0.05) is 13.0 Å². The van der Waals surface area contributed by atoms with Gasteiger partial charge in [-0.15, -0.1) is 0 Å². The van der Waals surface area contributed by atoms with Gasteiger partial charge in [0.25, 0.3) is 5.69 Å². The molecule has 0 aliphatic rings. The van der Waals surface area contributed by atoms with Crippen LogP contribution in [0.15, 0.2) is 12.1 Å². The minimum atomic E-state index is -1.01. The highest BCUT2D eigenvalue weighted by atomic mass is 16.6. The third-order valence-corrected chi connectivity index (χ3v) is 3.47. The number of hydrogen-bond donors (Lipinski definition) is 3. The molecule has 0 heterocycles. The van der Waals surface area contributed by atoms with E-state index in [1.165, 1.54) is 26.2 Å². The maximum atomic E-state index is 11.6. The van der Waals surface area contributed by atoms with Crippen LogP contribution in [-0.2, 0) is 4.79 Å². The Morgan fingerprint density at radius 3 is 2.68 bits per heavy atom. The summed E-state index contributed by atoms with van der Waals surface area (Å²) in [5.41, 5.74) is 5.25. The van der Waals surface area contributed by atoms with Crippen molar-refractivity contribution in [1.82, 2.24) is 5.32 Å². The van der Waals surface area contributed by atoms with Crippen molar-refractivity contribution in [3.05, 3.63) is 27.8 Å². The van der Waals surface area contributed by atoms with Crippen LogP contribution in [0.1, 0.15) is 37.9 Å². The van der Waals surface area contributed by atoms with Crippen LogP contribution in [0.25, 0.3) is 0 Å². The molecule has 0 aromatic heterocycles. The number of amides is 1. The molecule has 140 valence electrons. The Hall–Kier alpha value is -2.39. The van der Waals surface area contributed by atoms with E-state index in [0.29, 0.717) is 19.5 Å². The molecule has 0 saturated heterocycles. The monoisotopic (exact) mass is 355 g/mol. The molecule has 0 bridgehead atoms. The topological polar surface area (TPSA) is 137 Å². The number of aliphatic hydroxyl groups excluding tert-OH is 1. The Morgan fingerprint density at radius 1 is 1.40 bits per heavy atom. The third-order valence-electron chi connectivity index (χ3n) is 3.47. The number of ether oxygens (including phenoxy) is 2. The second-order valence-corrected chi connectivity index (χ2v) is 5.44. The number of nitrogens with two attached hydrogens (primary N) is 1. The number of benzene rings is 1. The van der Waals surface area contributed by atoms with Gasteiger partial charge >= 0.3 is 0 Å². The van der Waals surface area contributed by atoms with E-state index in [1.54, 1.807) is 0 Å². The zero-order chi connectivity index (χ0) is 18.8. The fraction of sp³-hybridized carbons (Fsp3) is 0.562. The number of carbonyl (C=O) groups excluding carboxylic acids is 1. The largest absolute Gasteiger partial charge is 0.493 e. The van der Waals surface area contributed by atoms with Crippen LogP contribution in [-0.4, -0.2) is 42.7 Å². The molecule has 0 saturated carbocycles. The molecule has 0 aliphatic carbocycles. The molecule has 0 fully saturated rings. The number of aliphatic hydroxyl groups is 1. The first-order valence-electron chi connectivity index (χ1n) is 8.04. The lowest BCUT2D eigenvalue weighted by Gasteiger charge is -2.14. The summed E-state index contributed by atoms with van der Waals surface area (Å²) >= 11 is 0. The number of nitro groups is 1. The molecule has 0 radical (unpaired) electrons. The molecule has 1 atom stereocenters. The average Bonchev–Trinajstić information content (AvgIpc) is 2.58. The number of nitro benzene ring substituents is 1. The molecule has 1 aromatic rings. The molecular weight excluding hydrogens is 330 g/mol. The van der Waals surface area contributed by atoms with Gasteiger partial charge in [0.1, 0.15) is 0 Å². The molecule has 1 unspecified atom stereocenters. The van der Waals surface area contributed by atoms with Crippen LogP contribution in [0.2, 0.25) is 0 Å². The van der Waals surface area contributed by atoms with Crippen molar-refractivity contribution in [3.63, 3.8) is 0 Å². The van der Waals surface area contributed by atoms with Gasteiger partial charge in [0.15, 0.2) is 11.5 Å². The van der Waals surface area contributed by atoms with Crippen LogP contribution < -0.4 is 20.5 Å². The highest BCUT2D eigenvalue weighted by Crippen LogP contribution is 2.37. The number of hydrogen-bond acceptors (Lipinski definition) is 7. The normalized spacial score (nSPS) is 11.7. The molecule has 1 rings (SSSR count). The van der Waals surface area contributed by atoms with E-state index < -0.39 is 11.0 Å². The molecule has 1 amide bonds. The van der Waals surface area contributed by atoms with Gasteiger partial charge in [0.05, 0.1) is 36.4 Å². The average molecular weight is 355 g/mol. The standard InChI is InChI=1S/C16H25N3O6/c1-11(20)12-9-14(24-2)15(10-13(12)19(22)23)25-8-3-5-16(21)18-7-4-6-17/h9-11,20H,3-8,17H2,1-2H3,(H,18,21). The quantitative estimate of drug-likeness (QED) is 0.309. The maximum absolute atomic E-state index is 11.6. The van der Waals surface area contributed by atoms with Gasteiger partial charge in [0.2, 0.25) is 5.91 Å². The summed E-state index contributed by atoms with van der Waals surface area (Å²) in [5.74, 6) is 0.385. The Balaban J connectivity index is 2.67. The number of carbonyl (C=O) groups is 1. The number of nitrogens with one attached hydrogen (secondary N) is 1. The maximum Gasteiger partial charge on any atom is 0.279 e. The lowest BCUT2D eigenvalue weighted by Crippen LogP contribution is -2.26. The van der Waals surface area contributed by atoms with Gasteiger partial charge in [-0.05, 0) is 32.4 Å². The Bertz CT molecular complexity index is 591. The second kappa shape index (κ2) is 10.5. The van der Waals surface area contributed by atoms with Gasteiger partial charge in [-0.1, -0.05) is 0 Å². The van der Waals surface area contributed by atoms with E-state index in [4.69, 9.17) is 15.2 Å². The molecule has 9 heteroatoms.